The van der Waals surface area contributed by atoms with Crippen LogP contribution in [-0.4, -0.2) is 29.5 Å². The molecule has 1 aromatic carbocycles. The number of carbonyl (C=O) groups is 2. The van der Waals surface area contributed by atoms with E-state index in [0.29, 0.717) is 35.2 Å². The minimum atomic E-state index is -0.429. The van der Waals surface area contributed by atoms with Gasteiger partial charge in [0.25, 0.3) is 0 Å². The summed E-state index contributed by atoms with van der Waals surface area (Å²) in [5.41, 5.74) is 8.68. The zero-order valence-electron chi connectivity index (χ0n) is 13.9. The molecule has 0 radical (unpaired) electrons. The normalized spacial score (nSPS) is 14.1. The summed E-state index contributed by atoms with van der Waals surface area (Å²) in [4.78, 5) is 23.5. The minimum absolute atomic E-state index is 0.0196. The minimum Gasteiger partial charge on any atom is -0.462 e. The van der Waals surface area contributed by atoms with Crippen molar-refractivity contribution in [3.05, 3.63) is 34.4 Å². The summed E-state index contributed by atoms with van der Waals surface area (Å²) in [5.74, 6) is 0.0733. The van der Waals surface area contributed by atoms with E-state index in [9.17, 15) is 9.59 Å². The summed E-state index contributed by atoms with van der Waals surface area (Å²) in [7, 11) is 0. The monoisotopic (exact) mass is 394 g/mol. The Kier molecular flexibility index (Phi) is 6.54. The molecule has 6 heteroatoms. The third-order valence-corrected chi connectivity index (χ3v) is 5.06. The maximum absolute atomic E-state index is 12.3. The third kappa shape index (κ3) is 4.44. The number of Topliss-reactive ketones (excluding diaryl/α,β-unsaturated/α-hetero) is 1. The molecule has 1 fully saturated rings. The number of ether oxygens (including phenoxy) is 1. The van der Waals surface area contributed by atoms with E-state index in [-0.39, 0.29) is 18.2 Å². The number of ketones is 1. The van der Waals surface area contributed by atoms with Gasteiger partial charge >= 0.3 is 5.97 Å². The number of rotatable bonds is 8. The van der Waals surface area contributed by atoms with E-state index in [0.717, 1.165) is 24.0 Å². The molecule has 0 aliphatic heterocycles. The Morgan fingerprint density at radius 2 is 2.04 bits per heavy atom. The lowest BCUT2D eigenvalue weighted by Gasteiger charge is -2.28. The molecule has 3 N–H and O–H groups in total. The lowest BCUT2D eigenvalue weighted by Crippen LogP contribution is -2.21. The average molecular weight is 395 g/mol. The third-order valence-electron chi connectivity index (χ3n) is 4.43. The molecule has 0 atom stereocenters. The Morgan fingerprint density at radius 3 is 2.58 bits per heavy atom. The van der Waals surface area contributed by atoms with E-state index in [1.807, 2.05) is 13.0 Å². The number of nitrogens with two attached hydrogens (primary N) is 1. The molecular weight excluding hydrogens is 372 g/mol. The van der Waals surface area contributed by atoms with Crippen LogP contribution in [0.25, 0.3) is 0 Å². The van der Waals surface area contributed by atoms with Gasteiger partial charge in [0.2, 0.25) is 0 Å². The van der Waals surface area contributed by atoms with Crippen molar-refractivity contribution < 1.29 is 14.3 Å². The number of halogens is 1. The molecule has 0 heterocycles. The molecule has 24 heavy (non-hydrogen) atoms. The molecule has 0 amide bonds. The average Bonchev–Trinajstić information content (AvgIpc) is 2.49. The van der Waals surface area contributed by atoms with Crippen LogP contribution in [0.1, 0.15) is 65.1 Å². The zero-order chi connectivity index (χ0) is 17.7. The number of nitrogens with one attached hydrogen (secondary N) is 1. The fourth-order valence-corrected chi connectivity index (χ4v) is 3.10. The summed E-state index contributed by atoms with van der Waals surface area (Å²) >= 11 is 3.10. The molecule has 0 aromatic heterocycles. The second-order valence-electron chi connectivity index (χ2n) is 6.21. The number of carbonyl (C=O) groups excluding carboxylic acids is 2. The molecule has 0 spiro atoms. The van der Waals surface area contributed by atoms with Crippen LogP contribution in [0, 0.1) is 12.3 Å². The molecule has 2 rings (SSSR count). The second kappa shape index (κ2) is 8.42. The lowest BCUT2D eigenvalue weighted by atomic mass is 9.77. The highest BCUT2D eigenvalue weighted by Gasteiger charge is 2.25. The van der Waals surface area contributed by atoms with Crippen molar-refractivity contribution in [1.82, 2.24) is 0 Å². The molecule has 0 bridgehead atoms. The van der Waals surface area contributed by atoms with E-state index in [4.69, 9.17) is 15.9 Å². The second-order valence-corrected chi connectivity index (χ2v) is 6.77. The van der Waals surface area contributed by atoms with Crippen LogP contribution < -0.4 is 5.73 Å². The molecule has 0 saturated heterocycles. The van der Waals surface area contributed by atoms with Crippen molar-refractivity contribution in [3.8, 4) is 0 Å². The van der Waals surface area contributed by atoms with Gasteiger partial charge in [0.15, 0.2) is 0 Å². The van der Waals surface area contributed by atoms with Crippen molar-refractivity contribution in [2.24, 2.45) is 5.73 Å². The number of hydrogen-bond donors (Lipinski definition) is 2. The Hall–Kier alpha value is -1.69. The highest BCUT2D eigenvalue weighted by molar-refractivity contribution is 9.09. The van der Waals surface area contributed by atoms with Gasteiger partial charge < -0.3 is 10.5 Å². The number of aryl methyl sites for hydroxylation is 1. The van der Waals surface area contributed by atoms with E-state index >= 15 is 0 Å². The first-order chi connectivity index (χ1) is 11.4. The highest BCUT2D eigenvalue weighted by atomic mass is 79.9. The fourth-order valence-electron chi connectivity index (χ4n) is 2.82. The standard InChI is InChI=1S/C18H23BrN2O3/c1-11-8-15(12-4-2-5-12)16(17(20)21)9-14(11)18(23)24-7-3-6-13(22)10-19/h8-9,12H,2-7,10H2,1H3,(H3,20,21). The summed E-state index contributed by atoms with van der Waals surface area (Å²) in [6, 6.07) is 3.64. The highest BCUT2D eigenvalue weighted by Crippen LogP contribution is 2.39. The first-order valence-corrected chi connectivity index (χ1v) is 9.30. The van der Waals surface area contributed by atoms with Crippen molar-refractivity contribution in [1.29, 1.82) is 5.41 Å². The Bertz CT molecular complexity index is 654. The Labute approximate surface area is 150 Å². The topological polar surface area (TPSA) is 93.2 Å². The van der Waals surface area contributed by atoms with E-state index in [1.54, 1.807) is 6.07 Å². The fraction of sp³-hybridized carbons (Fsp3) is 0.500. The van der Waals surface area contributed by atoms with Crippen LogP contribution in [0.3, 0.4) is 0 Å². The van der Waals surface area contributed by atoms with Gasteiger partial charge in [-0.1, -0.05) is 28.4 Å². The van der Waals surface area contributed by atoms with Crippen LogP contribution in [-0.2, 0) is 9.53 Å². The molecule has 5 nitrogen and oxygen atoms in total. The van der Waals surface area contributed by atoms with Crippen LogP contribution in [0.2, 0.25) is 0 Å². The van der Waals surface area contributed by atoms with Crippen molar-refractivity contribution in [2.75, 3.05) is 11.9 Å². The molecular formula is C18H23BrN2O3. The molecule has 1 saturated carbocycles. The molecule has 1 aromatic rings. The number of nitrogen functional groups attached to an aromatic ring is 1. The number of benzene rings is 1. The molecule has 130 valence electrons. The van der Waals surface area contributed by atoms with Gasteiger partial charge in [-0.15, -0.1) is 0 Å². The largest absolute Gasteiger partial charge is 0.462 e. The van der Waals surface area contributed by atoms with Gasteiger partial charge in [-0.25, -0.2) is 4.79 Å². The van der Waals surface area contributed by atoms with Crippen LogP contribution in [0.4, 0.5) is 0 Å². The van der Waals surface area contributed by atoms with Crippen LogP contribution >= 0.6 is 15.9 Å². The van der Waals surface area contributed by atoms with Crippen LogP contribution in [0.15, 0.2) is 12.1 Å². The van der Waals surface area contributed by atoms with Gasteiger partial charge in [0.05, 0.1) is 17.5 Å². The van der Waals surface area contributed by atoms with Gasteiger partial charge in [-0.05, 0) is 49.3 Å². The number of amidine groups is 1. The van der Waals surface area contributed by atoms with E-state index in [2.05, 4.69) is 15.9 Å². The predicted molar refractivity (Wildman–Crippen MR) is 97.1 cm³/mol. The van der Waals surface area contributed by atoms with E-state index in [1.165, 1.54) is 6.42 Å². The van der Waals surface area contributed by atoms with Gasteiger partial charge in [0, 0.05) is 12.0 Å². The Morgan fingerprint density at radius 1 is 1.33 bits per heavy atom. The maximum Gasteiger partial charge on any atom is 0.338 e. The first kappa shape index (κ1) is 18.6. The zero-order valence-corrected chi connectivity index (χ0v) is 15.4. The Balaban J connectivity index is 2.08. The van der Waals surface area contributed by atoms with E-state index < -0.39 is 5.97 Å². The predicted octanol–water partition coefficient (Wildman–Crippen LogP) is 3.45. The molecule has 1 aliphatic rings. The summed E-state index contributed by atoms with van der Waals surface area (Å²) in [6.45, 7) is 2.08. The van der Waals surface area contributed by atoms with Gasteiger partial charge in [0.1, 0.15) is 11.6 Å². The van der Waals surface area contributed by atoms with Gasteiger partial charge in [-0.2, -0.15) is 0 Å². The smallest absolute Gasteiger partial charge is 0.338 e. The number of hydrogen-bond acceptors (Lipinski definition) is 4. The summed E-state index contributed by atoms with van der Waals surface area (Å²) in [5, 5.41) is 8.12. The van der Waals surface area contributed by atoms with Gasteiger partial charge in [-0.3, -0.25) is 10.2 Å². The number of alkyl halides is 1. The summed E-state index contributed by atoms with van der Waals surface area (Å²) in [6.07, 6.45) is 4.29. The quantitative estimate of drug-likeness (QED) is 0.232. The molecule has 1 aliphatic carbocycles. The SMILES string of the molecule is Cc1cc(C2CCC2)c(C(=N)N)cc1C(=O)OCCCC(=O)CBr. The summed E-state index contributed by atoms with van der Waals surface area (Å²) < 4.78 is 5.26. The lowest BCUT2D eigenvalue weighted by molar-refractivity contribution is -0.116. The van der Waals surface area contributed by atoms with Crippen molar-refractivity contribution >= 4 is 33.5 Å². The first-order valence-electron chi connectivity index (χ1n) is 8.17. The maximum atomic E-state index is 12.3. The van der Waals surface area contributed by atoms with Crippen LogP contribution in [0.5, 0.6) is 0 Å². The molecule has 0 unspecified atom stereocenters. The van der Waals surface area contributed by atoms with Crippen molar-refractivity contribution in [2.45, 2.75) is 44.9 Å². The number of esters is 1. The van der Waals surface area contributed by atoms with Crippen molar-refractivity contribution in [3.63, 3.8) is 0 Å².